The highest BCUT2D eigenvalue weighted by Gasteiger charge is 2.09. The summed E-state index contributed by atoms with van der Waals surface area (Å²) in [4.78, 5) is 10.2. The van der Waals surface area contributed by atoms with E-state index in [9.17, 15) is 4.79 Å². The van der Waals surface area contributed by atoms with E-state index in [0.717, 1.165) is 12.8 Å². The minimum atomic E-state index is -0.936. The second-order valence-electron chi connectivity index (χ2n) is 2.26. The number of carboxylic acids is 1. The van der Waals surface area contributed by atoms with Crippen LogP contribution in [0.5, 0.6) is 0 Å². The first-order valence-electron chi connectivity index (χ1n) is 3.56. The molecule has 0 aliphatic rings. The molecule has 0 radical (unpaired) electrons. The Bertz CT molecular complexity index is 178. The molecule has 0 spiro atoms. The topological polar surface area (TPSA) is 63.3 Å². The van der Waals surface area contributed by atoms with Gasteiger partial charge in [-0.1, -0.05) is 0 Å². The molecule has 0 rings (SSSR count). The Morgan fingerprint density at radius 2 is 2.36 bits per heavy atom. The predicted octanol–water partition coefficient (Wildman–Crippen LogP) is 0.592. The van der Waals surface area contributed by atoms with Gasteiger partial charge in [0.05, 0.1) is 0 Å². The second kappa shape index (κ2) is 5.75. The van der Waals surface area contributed by atoms with Gasteiger partial charge in [0.2, 0.25) is 0 Å². The van der Waals surface area contributed by atoms with Crippen molar-refractivity contribution in [3.8, 4) is 11.8 Å². The van der Waals surface area contributed by atoms with Gasteiger partial charge in [0, 0.05) is 6.42 Å². The summed E-state index contributed by atoms with van der Waals surface area (Å²) in [5, 5.41) is 8.38. The van der Waals surface area contributed by atoms with Gasteiger partial charge in [0.25, 0.3) is 0 Å². The van der Waals surface area contributed by atoms with Crippen LogP contribution in [-0.4, -0.2) is 17.1 Å². The maximum Gasteiger partial charge on any atom is 0.320 e. The number of unbranched alkanes of at least 4 members (excludes halogenated alkanes) is 1. The maximum atomic E-state index is 10.2. The van der Waals surface area contributed by atoms with E-state index in [1.54, 1.807) is 6.92 Å². The second-order valence-corrected chi connectivity index (χ2v) is 2.26. The van der Waals surface area contributed by atoms with Gasteiger partial charge < -0.3 is 10.8 Å². The van der Waals surface area contributed by atoms with E-state index in [4.69, 9.17) is 10.8 Å². The molecule has 0 bridgehead atoms. The fourth-order valence-electron chi connectivity index (χ4n) is 0.659. The van der Waals surface area contributed by atoms with E-state index in [2.05, 4.69) is 11.8 Å². The van der Waals surface area contributed by atoms with E-state index in [1.807, 2.05) is 0 Å². The lowest BCUT2D eigenvalue weighted by atomic mass is 10.1. The Labute approximate surface area is 66.6 Å². The summed E-state index contributed by atoms with van der Waals surface area (Å²) in [5.74, 6) is 4.64. The molecular weight excluding hydrogens is 142 g/mol. The first kappa shape index (κ1) is 9.99. The molecule has 3 heteroatoms. The summed E-state index contributed by atoms with van der Waals surface area (Å²) in [6, 6.07) is -0.728. The van der Waals surface area contributed by atoms with Gasteiger partial charge in [-0.05, 0) is 19.8 Å². The maximum absolute atomic E-state index is 10.2. The van der Waals surface area contributed by atoms with Crippen molar-refractivity contribution in [2.75, 3.05) is 0 Å². The van der Waals surface area contributed by atoms with Gasteiger partial charge in [0.1, 0.15) is 6.04 Å². The van der Waals surface area contributed by atoms with Crippen LogP contribution in [-0.2, 0) is 4.79 Å². The van der Waals surface area contributed by atoms with Crippen LogP contribution in [0.3, 0.4) is 0 Å². The van der Waals surface area contributed by atoms with Crippen LogP contribution in [0.1, 0.15) is 26.2 Å². The van der Waals surface area contributed by atoms with Crippen LogP contribution in [0.15, 0.2) is 0 Å². The highest BCUT2D eigenvalue weighted by molar-refractivity contribution is 5.72. The molecule has 62 valence electrons. The quantitative estimate of drug-likeness (QED) is 0.461. The molecule has 0 saturated carbocycles. The molecule has 3 N–H and O–H groups in total. The lowest BCUT2D eigenvalue weighted by Crippen LogP contribution is -2.29. The van der Waals surface area contributed by atoms with E-state index in [-0.39, 0.29) is 0 Å². The van der Waals surface area contributed by atoms with Gasteiger partial charge in [-0.25, -0.2) is 0 Å². The molecule has 0 aromatic heterocycles. The molecule has 0 aromatic rings. The molecule has 0 aliphatic carbocycles. The fraction of sp³-hybridized carbons (Fsp3) is 0.625. The van der Waals surface area contributed by atoms with Crippen LogP contribution in [0.4, 0.5) is 0 Å². The molecule has 0 fully saturated rings. The summed E-state index contributed by atoms with van der Waals surface area (Å²) in [6.07, 6.45) is 2.00. The summed E-state index contributed by atoms with van der Waals surface area (Å²) in [7, 11) is 0. The van der Waals surface area contributed by atoms with Gasteiger partial charge >= 0.3 is 5.97 Å². The number of hydrogen-bond donors (Lipinski definition) is 2. The van der Waals surface area contributed by atoms with E-state index < -0.39 is 12.0 Å². The molecule has 3 nitrogen and oxygen atoms in total. The Hall–Kier alpha value is -1.01. The molecule has 0 heterocycles. The van der Waals surface area contributed by atoms with Crippen LogP contribution >= 0.6 is 0 Å². The van der Waals surface area contributed by atoms with Crippen molar-refractivity contribution in [2.24, 2.45) is 5.73 Å². The highest BCUT2D eigenvalue weighted by Crippen LogP contribution is 1.97. The van der Waals surface area contributed by atoms with Crippen LogP contribution in [0.25, 0.3) is 0 Å². The van der Waals surface area contributed by atoms with Crippen molar-refractivity contribution in [1.29, 1.82) is 0 Å². The zero-order valence-electron chi connectivity index (χ0n) is 6.63. The Kier molecular flexibility index (Phi) is 5.22. The Morgan fingerprint density at radius 3 is 2.82 bits per heavy atom. The number of carbonyl (C=O) groups is 1. The molecule has 11 heavy (non-hydrogen) atoms. The van der Waals surface area contributed by atoms with Crippen LogP contribution < -0.4 is 5.73 Å². The van der Waals surface area contributed by atoms with Crippen molar-refractivity contribution >= 4 is 5.97 Å². The Balaban J connectivity index is 3.36. The first-order chi connectivity index (χ1) is 5.18. The monoisotopic (exact) mass is 155 g/mol. The van der Waals surface area contributed by atoms with Crippen LogP contribution in [0.2, 0.25) is 0 Å². The summed E-state index contributed by atoms with van der Waals surface area (Å²) in [5.41, 5.74) is 5.25. The smallest absolute Gasteiger partial charge is 0.320 e. The molecule has 0 unspecified atom stereocenters. The van der Waals surface area contributed by atoms with Crippen LogP contribution in [0, 0.1) is 11.8 Å². The van der Waals surface area contributed by atoms with Crippen molar-refractivity contribution in [3.05, 3.63) is 0 Å². The lowest BCUT2D eigenvalue weighted by Gasteiger charge is -2.02. The standard InChI is InChI=1S/C8H13NO2/c1-2-3-4-5-6-7(9)8(10)11/h7H,4-6,9H2,1H3,(H,10,11)/t7-/m0/s1. The minimum Gasteiger partial charge on any atom is -0.480 e. The number of nitrogens with two attached hydrogens (primary N) is 1. The first-order valence-corrected chi connectivity index (χ1v) is 3.56. The summed E-state index contributed by atoms with van der Waals surface area (Å²) in [6.45, 7) is 1.76. The third-order valence-electron chi connectivity index (χ3n) is 1.31. The number of aliphatic carboxylic acids is 1. The largest absolute Gasteiger partial charge is 0.480 e. The normalized spacial score (nSPS) is 11.5. The van der Waals surface area contributed by atoms with Crippen molar-refractivity contribution in [3.63, 3.8) is 0 Å². The van der Waals surface area contributed by atoms with Crippen molar-refractivity contribution in [1.82, 2.24) is 0 Å². The molecule has 0 amide bonds. The zero-order valence-corrected chi connectivity index (χ0v) is 6.63. The Morgan fingerprint density at radius 1 is 1.73 bits per heavy atom. The van der Waals surface area contributed by atoms with E-state index >= 15 is 0 Å². The molecule has 0 aromatic carbocycles. The van der Waals surface area contributed by atoms with E-state index in [0.29, 0.717) is 6.42 Å². The van der Waals surface area contributed by atoms with Crippen molar-refractivity contribution < 1.29 is 9.90 Å². The minimum absolute atomic E-state index is 0.504. The molecule has 1 atom stereocenters. The average molecular weight is 155 g/mol. The number of carboxylic acid groups (broad SMARTS) is 1. The molecule has 0 aliphatic heterocycles. The van der Waals surface area contributed by atoms with Gasteiger partial charge in [-0.3, -0.25) is 4.79 Å². The predicted molar refractivity (Wildman–Crippen MR) is 42.9 cm³/mol. The highest BCUT2D eigenvalue weighted by atomic mass is 16.4. The zero-order chi connectivity index (χ0) is 8.69. The molecular formula is C8H13NO2. The van der Waals surface area contributed by atoms with Gasteiger partial charge in [-0.2, -0.15) is 0 Å². The third kappa shape index (κ3) is 5.43. The number of rotatable bonds is 4. The summed E-state index contributed by atoms with van der Waals surface area (Å²) < 4.78 is 0. The van der Waals surface area contributed by atoms with E-state index in [1.165, 1.54) is 0 Å². The number of hydrogen-bond acceptors (Lipinski definition) is 2. The lowest BCUT2D eigenvalue weighted by molar-refractivity contribution is -0.138. The van der Waals surface area contributed by atoms with Crippen molar-refractivity contribution in [2.45, 2.75) is 32.2 Å². The average Bonchev–Trinajstić information content (AvgIpc) is 1.97. The van der Waals surface area contributed by atoms with Gasteiger partial charge in [-0.15, -0.1) is 11.8 Å². The summed E-state index contributed by atoms with van der Waals surface area (Å²) >= 11 is 0. The van der Waals surface area contributed by atoms with Gasteiger partial charge in [0.15, 0.2) is 0 Å². The third-order valence-corrected chi connectivity index (χ3v) is 1.31. The molecule has 0 saturated heterocycles. The SMILES string of the molecule is CC#CCCC[C@H](N)C(=O)O. The fourth-order valence-corrected chi connectivity index (χ4v) is 0.659.